The van der Waals surface area contributed by atoms with Crippen molar-refractivity contribution in [1.82, 2.24) is 14.9 Å². The molecule has 2 heterocycles. The van der Waals surface area contributed by atoms with Crippen molar-refractivity contribution in [2.45, 2.75) is 18.9 Å². The minimum Gasteiger partial charge on any atom is -0.309 e. The molecule has 1 N–H and O–H groups in total. The van der Waals surface area contributed by atoms with Crippen molar-refractivity contribution in [3.8, 4) is 0 Å². The zero-order chi connectivity index (χ0) is 16.8. The molecule has 1 saturated carbocycles. The first kappa shape index (κ1) is 14.8. The summed E-state index contributed by atoms with van der Waals surface area (Å²) in [4.78, 5) is 22.3. The normalized spacial score (nSPS) is 25.7. The number of hydrogen-bond acceptors (Lipinski definition) is 3. The van der Waals surface area contributed by atoms with Crippen molar-refractivity contribution < 1.29 is 0 Å². The summed E-state index contributed by atoms with van der Waals surface area (Å²) >= 11 is 0. The van der Waals surface area contributed by atoms with E-state index >= 15 is 0 Å². The molecule has 5 rings (SSSR count). The number of nitrogens with one attached hydrogen (secondary N) is 1. The first-order valence-electron chi connectivity index (χ1n) is 9.03. The van der Waals surface area contributed by atoms with Crippen molar-refractivity contribution in [2.24, 2.45) is 11.8 Å². The molecule has 1 aromatic heterocycles. The third-order valence-corrected chi connectivity index (χ3v) is 5.90. The number of fused-ring (bicyclic) bond motifs is 2. The molecule has 4 nitrogen and oxygen atoms in total. The number of nitrogens with zero attached hydrogens (tertiary/aromatic N) is 2. The Bertz CT molecular complexity index is 966. The molecule has 0 spiro atoms. The van der Waals surface area contributed by atoms with Crippen molar-refractivity contribution in [3.05, 3.63) is 76.3 Å². The lowest BCUT2D eigenvalue weighted by atomic mass is 9.64. The van der Waals surface area contributed by atoms with Crippen LogP contribution in [0.1, 0.15) is 23.7 Å². The summed E-state index contributed by atoms with van der Waals surface area (Å²) < 4.78 is 0. The van der Waals surface area contributed by atoms with Crippen LogP contribution in [-0.2, 0) is 6.54 Å². The van der Waals surface area contributed by atoms with Crippen LogP contribution in [0.25, 0.3) is 10.9 Å². The lowest BCUT2D eigenvalue weighted by Gasteiger charge is -2.40. The van der Waals surface area contributed by atoms with E-state index in [0.717, 1.165) is 42.8 Å². The number of likely N-dealkylation sites (tertiary alicyclic amines) is 1. The number of para-hydroxylation sites is 1. The molecule has 0 bridgehead atoms. The molecule has 25 heavy (non-hydrogen) atoms. The van der Waals surface area contributed by atoms with E-state index in [4.69, 9.17) is 0 Å². The molecule has 0 amide bonds. The van der Waals surface area contributed by atoms with Gasteiger partial charge in [-0.05, 0) is 41.9 Å². The quantitative estimate of drug-likeness (QED) is 0.802. The highest BCUT2D eigenvalue weighted by atomic mass is 16.1. The van der Waals surface area contributed by atoms with Gasteiger partial charge in [0.05, 0.1) is 17.4 Å². The molecule has 3 unspecified atom stereocenters. The minimum absolute atomic E-state index is 0.0371. The summed E-state index contributed by atoms with van der Waals surface area (Å²) in [5.41, 5.74) is 2.22. The molecule has 2 aromatic carbocycles. The monoisotopic (exact) mass is 331 g/mol. The van der Waals surface area contributed by atoms with Crippen LogP contribution in [0.2, 0.25) is 0 Å². The van der Waals surface area contributed by atoms with Gasteiger partial charge in [-0.25, -0.2) is 4.98 Å². The molecule has 3 atom stereocenters. The van der Waals surface area contributed by atoms with Gasteiger partial charge in [-0.3, -0.25) is 9.69 Å². The maximum absolute atomic E-state index is 12.2. The Hall–Kier alpha value is -2.46. The maximum Gasteiger partial charge on any atom is 0.258 e. The van der Waals surface area contributed by atoms with Crippen molar-refractivity contribution in [1.29, 1.82) is 0 Å². The van der Waals surface area contributed by atoms with Crippen LogP contribution < -0.4 is 5.56 Å². The van der Waals surface area contributed by atoms with Crippen LogP contribution in [0, 0.1) is 11.8 Å². The molecule has 1 aliphatic carbocycles. The van der Waals surface area contributed by atoms with Crippen LogP contribution in [0.3, 0.4) is 0 Å². The number of benzene rings is 2. The van der Waals surface area contributed by atoms with E-state index in [0.29, 0.717) is 11.3 Å². The van der Waals surface area contributed by atoms with Crippen LogP contribution in [0.15, 0.2) is 59.4 Å². The highest BCUT2D eigenvalue weighted by Gasteiger charge is 2.47. The molecule has 2 aliphatic rings. The van der Waals surface area contributed by atoms with Crippen LogP contribution >= 0.6 is 0 Å². The van der Waals surface area contributed by atoms with E-state index < -0.39 is 0 Å². The Kier molecular flexibility index (Phi) is 3.45. The van der Waals surface area contributed by atoms with Gasteiger partial charge in [0.25, 0.3) is 5.56 Å². The molecular formula is C21H21N3O. The fraction of sp³-hybridized carbons (Fsp3) is 0.333. The summed E-state index contributed by atoms with van der Waals surface area (Å²) in [6, 6.07) is 18.4. The second kappa shape index (κ2) is 5.81. The lowest BCUT2D eigenvalue weighted by Crippen LogP contribution is -2.33. The van der Waals surface area contributed by atoms with Crippen LogP contribution in [0.4, 0.5) is 0 Å². The topological polar surface area (TPSA) is 49.0 Å². The Labute approximate surface area is 146 Å². The standard InChI is InChI=1S/C21H21N3O/c25-21-16-8-4-5-9-19(16)22-20(23-21)13-24-11-15-10-17(18(15)12-24)14-6-2-1-3-7-14/h1-9,15,17-18H,10-13H2,(H,22,23,25). The van der Waals surface area contributed by atoms with E-state index in [1.807, 2.05) is 24.3 Å². The largest absolute Gasteiger partial charge is 0.309 e. The molecule has 1 saturated heterocycles. The van der Waals surface area contributed by atoms with Gasteiger partial charge < -0.3 is 4.98 Å². The van der Waals surface area contributed by atoms with Gasteiger partial charge in [0.15, 0.2) is 0 Å². The molecule has 0 radical (unpaired) electrons. The van der Waals surface area contributed by atoms with Crippen molar-refractivity contribution in [2.75, 3.05) is 13.1 Å². The van der Waals surface area contributed by atoms with E-state index in [1.165, 1.54) is 12.0 Å². The second-order valence-corrected chi connectivity index (χ2v) is 7.40. The zero-order valence-electron chi connectivity index (χ0n) is 14.1. The highest BCUT2D eigenvalue weighted by molar-refractivity contribution is 5.77. The third kappa shape index (κ3) is 2.57. The second-order valence-electron chi connectivity index (χ2n) is 7.40. The first-order chi connectivity index (χ1) is 12.3. The molecule has 3 aromatic rings. The van der Waals surface area contributed by atoms with Gasteiger partial charge in [-0.1, -0.05) is 42.5 Å². The lowest BCUT2D eigenvalue weighted by molar-refractivity contribution is 0.191. The van der Waals surface area contributed by atoms with E-state index in [-0.39, 0.29) is 5.56 Å². The number of hydrogen-bond donors (Lipinski definition) is 1. The minimum atomic E-state index is -0.0371. The predicted molar refractivity (Wildman–Crippen MR) is 98.4 cm³/mol. The van der Waals surface area contributed by atoms with Gasteiger partial charge in [-0.15, -0.1) is 0 Å². The molecule has 4 heteroatoms. The van der Waals surface area contributed by atoms with Gasteiger partial charge in [-0.2, -0.15) is 0 Å². The van der Waals surface area contributed by atoms with Gasteiger partial charge in [0, 0.05) is 13.1 Å². The number of aromatic nitrogens is 2. The number of rotatable bonds is 3. The fourth-order valence-electron chi connectivity index (χ4n) is 4.63. The maximum atomic E-state index is 12.2. The average molecular weight is 331 g/mol. The molecule has 2 fully saturated rings. The number of aromatic amines is 1. The van der Waals surface area contributed by atoms with Gasteiger partial charge in [0.2, 0.25) is 0 Å². The Morgan fingerprint density at radius 1 is 1.04 bits per heavy atom. The molecule has 1 aliphatic heterocycles. The van der Waals surface area contributed by atoms with Crippen LogP contribution in [0.5, 0.6) is 0 Å². The summed E-state index contributed by atoms with van der Waals surface area (Å²) in [5.74, 6) is 3.01. The Morgan fingerprint density at radius 2 is 1.84 bits per heavy atom. The predicted octanol–water partition coefficient (Wildman–Crippen LogP) is 3.16. The van der Waals surface area contributed by atoms with Gasteiger partial charge >= 0.3 is 0 Å². The van der Waals surface area contributed by atoms with E-state index in [9.17, 15) is 4.79 Å². The highest BCUT2D eigenvalue weighted by Crippen LogP contribution is 2.51. The first-order valence-corrected chi connectivity index (χ1v) is 9.03. The van der Waals surface area contributed by atoms with Crippen LogP contribution in [-0.4, -0.2) is 28.0 Å². The average Bonchev–Trinajstić information content (AvgIpc) is 2.92. The molecular weight excluding hydrogens is 310 g/mol. The smallest absolute Gasteiger partial charge is 0.258 e. The van der Waals surface area contributed by atoms with Gasteiger partial charge in [0.1, 0.15) is 5.82 Å². The summed E-state index contributed by atoms with van der Waals surface area (Å²) in [6.45, 7) is 2.94. The summed E-state index contributed by atoms with van der Waals surface area (Å²) in [6.07, 6.45) is 1.28. The molecule has 126 valence electrons. The number of H-pyrrole nitrogens is 1. The zero-order valence-corrected chi connectivity index (χ0v) is 14.1. The van der Waals surface area contributed by atoms with Crippen molar-refractivity contribution >= 4 is 10.9 Å². The van der Waals surface area contributed by atoms with Crippen molar-refractivity contribution in [3.63, 3.8) is 0 Å². The summed E-state index contributed by atoms with van der Waals surface area (Å²) in [7, 11) is 0. The SMILES string of the molecule is O=c1[nH]c(CN2CC3CC(c4ccccc4)C3C2)nc2ccccc12. The Morgan fingerprint density at radius 3 is 2.72 bits per heavy atom. The third-order valence-electron chi connectivity index (χ3n) is 5.90. The van der Waals surface area contributed by atoms with E-state index in [2.05, 4.69) is 45.2 Å². The van der Waals surface area contributed by atoms with E-state index in [1.54, 1.807) is 0 Å². The Balaban J connectivity index is 1.33. The fourth-order valence-corrected chi connectivity index (χ4v) is 4.63. The summed E-state index contributed by atoms with van der Waals surface area (Å²) in [5, 5.41) is 0.664.